The summed E-state index contributed by atoms with van der Waals surface area (Å²) in [5.41, 5.74) is 9.09. The van der Waals surface area contributed by atoms with Crippen molar-refractivity contribution in [2.24, 2.45) is 7.05 Å². The Labute approximate surface area is 199 Å². The molecule has 0 spiro atoms. The minimum atomic E-state index is -0.936. The first-order chi connectivity index (χ1) is 15.8. The molecule has 0 bridgehead atoms. The second-order valence-electron chi connectivity index (χ2n) is 10.7. The maximum Gasteiger partial charge on any atom is 0.220 e. The predicted octanol–water partition coefficient (Wildman–Crippen LogP) is 7.60. The number of nitrogens with zero attached hydrogens (tertiary/aromatic N) is 2. The first-order valence-electron chi connectivity index (χ1n) is 12.3. The molecule has 1 aliphatic heterocycles. The molecule has 0 aliphatic carbocycles. The fraction of sp³-hybridized carbons (Fsp3) is 0.333. The lowest BCUT2D eigenvalue weighted by Gasteiger charge is -2.33. The topological polar surface area (TPSA) is 16.8 Å². The summed E-state index contributed by atoms with van der Waals surface area (Å²) in [6.45, 7) is 9.56. The number of fused-ring (bicyclic) bond motifs is 1. The highest BCUT2D eigenvalue weighted by molar-refractivity contribution is 6.77. The van der Waals surface area contributed by atoms with Crippen molar-refractivity contribution < 1.29 is 4.57 Å². The zero-order valence-corrected chi connectivity index (χ0v) is 21.7. The number of benzene rings is 2. The molecule has 33 heavy (non-hydrogen) atoms. The minimum absolute atomic E-state index is 0.725. The van der Waals surface area contributed by atoms with Crippen LogP contribution in [0.3, 0.4) is 0 Å². The van der Waals surface area contributed by atoms with Crippen LogP contribution in [0.2, 0.25) is 25.2 Å². The van der Waals surface area contributed by atoms with Gasteiger partial charge in [-0.05, 0) is 66.0 Å². The molecule has 1 saturated heterocycles. The molecule has 1 aliphatic rings. The normalized spacial score (nSPS) is 16.3. The van der Waals surface area contributed by atoms with Crippen molar-refractivity contribution in [2.45, 2.75) is 57.8 Å². The summed E-state index contributed by atoms with van der Waals surface area (Å²) in [7, 11) is 1.26. The van der Waals surface area contributed by atoms with E-state index in [-0.39, 0.29) is 0 Å². The van der Waals surface area contributed by atoms with E-state index < -0.39 is 8.07 Å². The fourth-order valence-corrected chi connectivity index (χ4v) is 8.01. The van der Waals surface area contributed by atoms with Crippen LogP contribution in [0.25, 0.3) is 33.2 Å². The van der Waals surface area contributed by atoms with Crippen LogP contribution in [0.5, 0.6) is 0 Å². The van der Waals surface area contributed by atoms with Crippen molar-refractivity contribution >= 4 is 18.8 Å². The largest absolute Gasteiger partial charge is 0.264 e. The lowest BCUT2D eigenvalue weighted by Crippen LogP contribution is -2.35. The van der Waals surface area contributed by atoms with Gasteiger partial charge in [0.15, 0.2) is 5.69 Å². The van der Waals surface area contributed by atoms with E-state index in [2.05, 4.69) is 92.1 Å². The molecule has 0 atom stereocenters. The van der Waals surface area contributed by atoms with E-state index in [4.69, 9.17) is 0 Å². The maximum absolute atomic E-state index is 4.33. The number of pyridine rings is 2. The van der Waals surface area contributed by atoms with Crippen LogP contribution in [-0.4, -0.2) is 13.1 Å². The molecule has 0 unspecified atom stereocenters. The van der Waals surface area contributed by atoms with E-state index in [0.717, 1.165) is 11.5 Å². The molecule has 2 nitrogen and oxygen atoms in total. The average molecular weight is 452 g/mol. The van der Waals surface area contributed by atoms with E-state index >= 15 is 0 Å². The Morgan fingerprint density at radius 3 is 2.42 bits per heavy atom. The molecule has 2 aromatic carbocycles. The first kappa shape index (κ1) is 22.0. The van der Waals surface area contributed by atoms with Crippen molar-refractivity contribution in [1.82, 2.24) is 4.98 Å². The van der Waals surface area contributed by atoms with Gasteiger partial charge >= 0.3 is 0 Å². The Hall–Kier alpha value is -2.78. The molecular formula is C30H35N2Si+. The standard InChI is InChI=1S/C30H35N2Si/c1-21-8-9-25(26-7-6-14-31-20-26)19-29(21)30-28-11-10-24(18-27(28)17-22(2)32(30)3)23-12-15-33(4,5)16-13-23/h6-11,14,17-20,23H,12-13,15-16H2,1-5H3/q+1. The molecule has 168 valence electrons. The average Bonchev–Trinajstić information content (AvgIpc) is 2.81. The molecule has 0 amide bonds. The number of hydrogen-bond acceptors (Lipinski definition) is 1. The van der Waals surface area contributed by atoms with Crippen LogP contribution in [0.1, 0.15) is 35.6 Å². The molecule has 4 aromatic rings. The number of aromatic nitrogens is 2. The highest BCUT2D eigenvalue weighted by atomic mass is 28.3. The Kier molecular flexibility index (Phi) is 5.70. The van der Waals surface area contributed by atoms with Crippen molar-refractivity contribution in [3.63, 3.8) is 0 Å². The summed E-state index contributed by atoms with van der Waals surface area (Å²) in [4.78, 5) is 4.33. The highest BCUT2D eigenvalue weighted by Gasteiger charge is 2.29. The highest BCUT2D eigenvalue weighted by Crippen LogP contribution is 2.40. The molecule has 3 heterocycles. The van der Waals surface area contributed by atoms with Gasteiger partial charge in [-0.2, -0.15) is 4.57 Å². The lowest BCUT2D eigenvalue weighted by atomic mass is 9.90. The molecule has 5 rings (SSSR count). The van der Waals surface area contributed by atoms with Crippen LogP contribution in [-0.2, 0) is 7.05 Å². The van der Waals surface area contributed by atoms with Gasteiger partial charge in [0.2, 0.25) is 5.69 Å². The smallest absolute Gasteiger partial charge is 0.220 e. The number of aryl methyl sites for hydroxylation is 2. The van der Waals surface area contributed by atoms with E-state index in [1.165, 1.54) is 69.3 Å². The maximum atomic E-state index is 4.33. The first-order valence-corrected chi connectivity index (χ1v) is 15.7. The van der Waals surface area contributed by atoms with E-state index in [1.54, 1.807) is 0 Å². The van der Waals surface area contributed by atoms with Gasteiger partial charge in [-0.1, -0.05) is 55.5 Å². The summed E-state index contributed by atoms with van der Waals surface area (Å²) in [5.74, 6) is 0.725. The van der Waals surface area contributed by atoms with Gasteiger partial charge in [-0.3, -0.25) is 4.98 Å². The Bertz CT molecular complexity index is 1310. The quantitative estimate of drug-likeness (QED) is 0.231. The Morgan fingerprint density at radius 2 is 1.70 bits per heavy atom. The van der Waals surface area contributed by atoms with Crippen LogP contribution in [0.4, 0.5) is 0 Å². The molecule has 0 radical (unpaired) electrons. The molecule has 0 saturated carbocycles. The third-order valence-electron chi connectivity index (χ3n) is 7.86. The van der Waals surface area contributed by atoms with Gasteiger partial charge < -0.3 is 0 Å². The van der Waals surface area contributed by atoms with Crippen molar-refractivity contribution in [3.8, 4) is 22.4 Å². The Morgan fingerprint density at radius 1 is 0.909 bits per heavy atom. The van der Waals surface area contributed by atoms with E-state index in [9.17, 15) is 0 Å². The fourth-order valence-electron chi connectivity index (χ4n) is 5.50. The summed E-state index contributed by atoms with van der Waals surface area (Å²) in [6.07, 6.45) is 6.51. The molecule has 2 aromatic heterocycles. The zero-order chi connectivity index (χ0) is 23.2. The predicted molar refractivity (Wildman–Crippen MR) is 142 cm³/mol. The van der Waals surface area contributed by atoms with Gasteiger partial charge in [0.1, 0.15) is 7.05 Å². The minimum Gasteiger partial charge on any atom is -0.264 e. The number of rotatable bonds is 3. The van der Waals surface area contributed by atoms with Crippen molar-refractivity contribution in [2.75, 3.05) is 0 Å². The van der Waals surface area contributed by atoms with Gasteiger partial charge in [0, 0.05) is 39.0 Å². The van der Waals surface area contributed by atoms with Gasteiger partial charge in [0.25, 0.3) is 0 Å². The van der Waals surface area contributed by atoms with E-state index in [1.807, 2.05) is 18.5 Å². The van der Waals surface area contributed by atoms with Gasteiger partial charge in [-0.15, -0.1) is 0 Å². The summed E-state index contributed by atoms with van der Waals surface area (Å²) in [6, 6.07) is 23.5. The second kappa shape index (κ2) is 8.53. The Balaban J connectivity index is 1.63. The molecular weight excluding hydrogens is 416 g/mol. The van der Waals surface area contributed by atoms with Crippen LogP contribution in [0.15, 0.2) is 67.0 Å². The van der Waals surface area contributed by atoms with Crippen LogP contribution >= 0.6 is 0 Å². The van der Waals surface area contributed by atoms with Crippen molar-refractivity contribution in [1.29, 1.82) is 0 Å². The lowest BCUT2D eigenvalue weighted by molar-refractivity contribution is -0.665. The van der Waals surface area contributed by atoms with Crippen LogP contribution < -0.4 is 4.57 Å². The van der Waals surface area contributed by atoms with E-state index in [0.29, 0.717) is 0 Å². The number of hydrogen-bond donors (Lipinski definition) is 0. The second-order valence-corrected chi connectivity index (χ2v) is 16.1. The summed E-state index contributed by atoms with van der Waals surface area (Å²) < 4.78 is 2.35. The third-order valence-corrected chi connectivity index (χ3v) is 11.1. The third kappa shape index (κ3) is 4.27. The molecule has 3 heteroatoms. The van der Waals surface area contributed by atoms with Gasteiger partial charge in [0.05, 0.1) is 10.9 Å². The monoisotopic (exact) mass is 451 g/mol. The summed E-state index contributed by atoms with van der Waals surface area (Å²) in [5, 5.41) is 2.70. The summed E-state index contributed by atoms with van der Waals surface area (Å²) >= 11 is 0. The van der Waals surface area contributed by atoms with Gasteiger partial charge in [-0.25, -0.2) is 0 Å². The zero-order valence-electron chi connectivity index (χ0n) is 20.7. The SMILES string of the molecule is Cc1ccc(-c2cccnc2)cc1-c1c2ccc(C3CC[Si](C)(C)CC3)cc2cc(C)[n+]1C. The van der Waals surface area contributed by atoms with Crippen molar-refractivity contribution in [3.05, 3.63) is 83.8 Å². The van der Waals surface area contributed by atoms with Crippen LogP contribution in [0, 0.1) is 13.8 Å². The molecule has 1 fully saturated rings. The molecule has 0 N–H and O–H groups in total.